The average Bonchev–Trinajstić information content (AvgIpc) is 2.94. The van der Waals surface area contributed by atoms with Crippen LogP contribution >= 0.6 is 0 Å². The van der Waals surface area contributed by atoms with Crippen LogP contribution in [0, 0.1) is 13.8 Å². The van der Waals surface area contributed by atoms with E-state index in [9.17, 15) is 5.11 Å². The van der Waals surface area contributed by atoms with Crippen molar-refractivity contribution < 1.29 is 5.11 Å². The van der Waals surface area contributed by atoms with Gasteiger partial charge in [0, 0.05) is 11.3 Å². The first-order valence-corrected chi connectivity index (χ1v) is 7.04. The molecule has 1 N–H and O–H groups in total. The Morgan fingerprint density at radius 2 is 1.91 bits per heavy atom. The van der Waals surface area contributed by atoms with Gasteiger partial charge in [-0.1, -0.05) is 12.1 Å². The van der Waals surface area contributed by atoms with Gasteiger partial charge in [0.1, 0.15) is 17.1 Å². The van der Waals surface area contributed by atoms with Crippen molar-refractivity contribution >= 4 is 16.7 Å². The van der Waals surface area contributed by atoms with Crippen LogP contribution in [0.4, 0.5) is 0 Å². The molecule has 1 aromatic carbocycles. The van der Waals surface area contributed by atoms with E-state index in [1.807, 2.05) is 36.4 Å². The first kappa shape index (κ1) is 12.8. The monoisotopic (exact) mass is 290 g/mol. The number of nitrogens with zero attached hydrogens (tertiary/aromatic N) is 4. The van der Waals surface area contributed by atoms with Crippen LogP contribution < -0.4 is 0 Å². The Hall–Kier alpha value is -2.95. The second-order valence-electron chi connectivity index (χ2n) is 5.35. The summed E-state index contributed by atoms with van der Waals surface area (Å²) >= 11 is 0. The summed E-state index contributed by atoms with van der Waals surface area (Å²) in [7, 11) is 0. The van der Waals surface area contributed by atoms with E-state index in [-0.39, 0.29) is 5.75 Å². The maximum atomic E-state index is 9.73. The lowest BCUT2D eigenvalue weighted by Crippen LogP contribution is -2.00. The van der Waals surface area contributed by atoms with E-state index in [0.717, 1.165) is 39.5 Å². The number of rotatable bonds is 1. The minimum atomic E-state index is 0.216. The topological polar surface area (TPSA) is 63.3 Å². The maximum absolute atomic E-state index is 9.73. The first-order valence-electron chi connectivity index (χ1n) is 7.04. The molecule has 0 spiro atoms. The fourth-order valence-corrected chi connectivity index (χ4v) is 2.70. The van der Waals surface area contributed by atoms with Crippen molar-refractivity contribution in [1.29, 1.82) is 0 Å². The third-order valence-corrected chi connectivity index (χ3v) is 3.73. The molecule has 0 saturated heterocycles. The normalized spacial score (nSPS) is 11.4. The second-order valence-corrected chi connectivity index (χ2v) is 5.35. The Labute approximate surface area is 126 Å². The van der Waals surface area contributed by atoms with E-state index in [2.05, 4.69) is 15.0 Å². The average molecular weight is 290 g/mol. The fraction of sp³-hybridized carbons (Fsp3) is 0.118. The maximum Gasteiger partial charge on any atom is 0.165 e. The van der Waals surface area contributed by atoms with Gasteiger partial charge in [-0.3, -0.25) is 4.40 Å². The summed E-state index contributed by atoms with van der Waals surface area (Å²) in [6, 6.07) is 11.0. The number of pyridine rings is 1. The number of phenols is 1. The van der Waals surface area contributed by atoms with Gasteiger partial charge in [0.15, 0.2) is 5.65 Å². The third-order valence-electron chi connectivity index (χ3n) is 3.73. The van der Waals surface area contributed by atoms with Crippen LogP contribution in [0.1, 0.15) is 11.4 Å². The lowest BCUT2D eigenvalue weighted by Gasteiger charge is -2.08. The molecule has 0 atom stereocenters. The Morgan fingerprint density at radius 1 is 1.05 bits per heavy atom. The van der Waals surface area contributed by atoms with Crippen molar-refractivity contribution in [2.75, 3.05) is 0 Å². The standard InChI is InChI=1S/C17H14N4O/c1-10-6-7-14-17(19-10)21-15(11(2)20-14)9-18-16(21)12-4-3-5-13(22)8-12/h3-9,22H,1-2H3. The van der Waals surface area contributed by atoms with Gasteiger partial charge in [0.05, 0.1) is 17.4 Å². The van der Waals surface area contributed by atoms with Crippen LogP contribution in [0.5, 0.6) is 5.75 Å². The molecule has 0 radical (unpaired) electrons. The van der Waals surface area contributed by atoms with Crippen LogP contribution in [0.3, 0.4) is 0 Å². The molecule has 22 heavy (non-hydrogen) atoms. The number of aromatic nitrogens is 4. The van der Waals surface area contributed by atoms with E-state index < -0.39 is 0 Å². The summed E-state index contributed by atoms with van der Waals surface area (Å²) in [6.07, 6.45) is 1.80. The highest BCUT2D eigenvalue weighted by atomic mass is 16.3. The van der Waals surface area contributed by atoms with Crippen LogP contribution in [-0.4, -0.2) is 24.5 Å². The molecule has 0 bridgehead atoms. The number of fused-ring (bicyclic) bond motifs is 3. The highest BCUT2D eigenvalue weighted by molar-refractivity contribution is 5.79. The predicted molar refractivity (Wildman–Crippen MR) is 84.9 cm³/mol. The van der Waals surface area contributed by atoms with E-state index in [4.69, 9.17) is 0 Å². The number of hydrogen-bond acceptors (Lipinski definition) is 4. The largest absolute Gasteiger partial charge is 0.508 e. The van der Waals surface area contributed by atoms with E-state index in [1.165, 1.54) is 0 Å². The zero-order chi connectivity index (χ0) is 15.3. The van der Waals surface area contributed by atoms with Crippen molar-refractivity contribution in [2.45, 2.75) is 13.8 Å². The quantitative estimate of drug-likeness (QED) is 0.584. The SMILES string of the molecule is Cc1ccc2nc(C)c3cnc(-c4cccc(O)c4)n3c2n1. The molecule has 0 aliphatic carbocycles. The van der Waals surface area contributed by atoms with Crippen molar-refractivity contribution in [3.63, 3.8) is 0 Å². The predicted octanol–water partition coefficient (Wildman–Crippen LogP) is 3.27. The number of aromatic hydroxyl groups is 1. The number of benzene rings is 1. The summed E-state index contributed by atoms with van der Waals surface area (Å²) in [5, 5.41) is 9.73. The summed E-state index contributed by atoms with van der Waals surface area (Å²) in [6.45, 7) is 3.92. The van der Waals surface area contributed by atoms with Gasteiger partial charge in [0.2, 0.25) is 0 Å². The van der Waals surface area contributed by atoms with Crippen molar-refractivity contribution in [3.05, 3.63) is 54.0 Å². The van der Waals surface area contributed by atoms with Crippen LogP contribution in [0.2, 0.25) is 0 Å². The van der Waals surface area contributed by atoms with Gasteiger partial charge in [-0.15, -0.1) is 0 Å². The Morgan fingerprint density at radius 3 is 2.73 bits per heavy atom. The van der Waals surface area contributed by atoms with Crippen molar-refractivity contribution in [3.8, 4) is 17.1 Å². The molecule has 0 aliphatic heterocycles. The number of imidazole rings is 1. The number of phenolic OH excluding ortho intramolecular Hbond substituents is 1. The van der Waals surface area contributed by atoms with Crippen molar-refractivity contribution in [1.82, 2.24) is 19.4 Å². The van der Waals surface area contributed by atoms with Gasteiger partial charge >= 0.3 is 0 Å². The van der Waals surface area contributed by atoms with Gasteiger partial charge in [-0.05, 0) is 38.1 Å². The van der Waals surface area contributed by atoms with Crippen LogP contribution in [0.25, 0.3) is 28.1 Å². The molecule has 108 valence electrons. The smallest absolute Gasteiger partial charge is 0.165 e. The minimum Gasteiger partial charge on any atom is -0.508 e. The molecule has 3 heterocycles. The first-order chi connectivity index (χ1) is 10.6. The van der Waals surface area contributed by atoms with E-state index in [0.29, 0.717) is 0 Å². The molecule has 4 aromatic rings. The number of hydrogen-bond donors (Lipinski definition) is 1. The summed E-state index contributed by atoms with van der Waals surface area (Å²) < 4.78 is 2.00. The molecule has 5 nitrogen and oxygen atoms in total. The molecular weight excluding hydrogens is 276 g/mol. The Kier molecular flexibility index (Phi) is 2.63. The molecule has 0 saturated carbocycles. The Balaban J connectivity index is 2.16. The molecule has 0 fully saturated rings. The third kappa shape index (κ3) is 1.83. The lowest BCUT2D eigenvalue weighted by molar-refractivity contribution is 0.475. The van der Waals surface area contributed by atoms with Crippen LogP contribution in [-0.2, 0) is 0 Å². The van der Waals surface area contributed by atoms with Crippen LogP contribution in [0.15, 0.2) is 42.6 Å². The van der Waals surface area contributed by atoms with Gasteiger partial charge in [-0.25, -0.2) is 15.0 Å². The molecule has 5 heteroatoms. The molecule has 0 amide bonds. The molecule has 4 rings (SSSR count). The van der Waals surface area contributed by atoms with Crippen molar-refractivity contribution in [2.24, 2.45) is 0 Å². The van der Waals surface area contributed by atoms with E-state index in [1.54, 1.807) is 24.4 Å². The lowest BCUT2D eigenvalue weighted by atomic mass is 10.2. The fourth-order valence-electron chi connectivity index (χ4n) is 2.70. The Bertz CT molecular complexity index is 1020. The highest BCUT2D eigenvalue weighted by Crippen LogP contribution is 2.27. The second kappa shape index (κ2) is 4.53. The summed E-state index contributed by atoms with van der Waals surface area (Å²) in [5.74, 6) is 0.966. The zero-order valence-corrected chi connectivity index (χ0v) is 12.3. The highest BCUT2D eigenvalue weighted by Gasteiger charge is 2.14. The van der Waals surface area contributed by atoms with Gasteiger partial charge < -0.3 is 5.11 Å². The summed E-state index contributed by atoms with van der Waals surface area (Å²) in [5.41, 5.74) is 5.19. The van der Waals surface area contributed by atoms with Gasteiger partial charge in [-0.2, -0.15) is 0 Å². The van der Waals surface area contributed by atoms with Gasteiger partial charge in [0.25, 0.3) is 0 Å². The molecule has 3 aromatic heterocycles. The van der Waals surface area contributed by atoms with E-state index >= 15 is 0 Å². The number of aryl methyl sites for hydroxylation is 2. The molecule has 0 unspecified atom stereocenters. The summed E-state index contributed by atoms with van der Waals surface area (Å²) in [4.78, 5) is 13.7. The molecule has 0 aliphatic rings. The molecular formula is C17H14N4O. The minimum absolute atomic E-state index is 0.216. The zero-order valence-electron chi connectivity index (χ0n) is 12.3.